The second-order valence-electron chi connectivity index (χ2n) is 10.5. The second-order valence-corrected chi connectivity index (χ2v) is 10.5. The van der Waals surface area contributed by atoms with Gasteiger partial charge in [0.2, 0.25) is 0 Å². The molecule has 3 aromatic rings. The van der Waals surface area contributed by atoms with E-state index in [1.54, 1.807) is 23.1 Å². The summed E-state index contributed by atoms with van der Waals surface area (Å²) in [7, 11) is 0. The number of hydrogen-bond donors (Lipinski definition) is 2. The molecule has 43 heavy (non-hydrogen) atoms. The molecule has 2 heterocycles. The molecule has 0 radical (unpaired) electrons. The lowest BCUT2D eigenvalue weighted by Crippen LogP contribution is -2.36. The Bertz CT molecular complexity index is 1510. The van der Waals surface area contributed by atoms with Gasteiger partial charge in [0.25, 0.3) is 17.7 Å². The van der Waals surface area contributed by atoms with Crippen molar-refractivity contribution >= 4 is 29.1 Å². The molecule has 12 heteroatoms. The van der Waals surface area contributed by atoms with E-state index in [-0.39, 0.29) is 23.6 Å². The first kappa shape index (κ1) is 30.0. The van der Waals surface area contributed by atoms with Gasteiger partial charge in [-0.3, -0.25) is 14.4 Å². The summed E-state index contributed by atoms with van der Waals surface area (Å²) in [5.41, 5.74) is 1.02. The second kappa shape index (κ2) is 13.2. The Labute approximate surface area is 246 Å². The molecule has 5 rings (SSSR count). The molecule has 0 aromatic heterocycles. The predicted octanol–water partition coefficient (Wildman–Crippen LogP) is 4.28. The maximum absolute atomic E-state index is 13.9. The molecule has 0 atom stereocenters. The normalized spacial score (nSPS) is 16.0. The smallest absolute Gasteiger partial charge is 0.255 e. The summed E-state index contributed by atoms with van der Waals surface area (Å²) in [5, 5.41) is 6.01. The van der Waals surface area contributed by atoms with Gasteiger partial charge in [0, 0.05) is 68.6 Å². The third kappa shape index (κ3) is 7.14. The van der Waals surface area contributed by atoms with Crippen LogP contribution in [0, 0.1) is 23.3 Å². The van der Waals surface area contributed by atoms with Gasteiger partial charge < -0.3 is 25.3 Å². The van der Waals surface area contributed by atoms with E-state index in [0.29, 0.717) is 68.7 Å². The molecule has 0 unspecified atom stereocenters. The van der Waals surface area contributed by atoms with Crippen LogP contribution in [0.4, 0.5) is 28.9 Å². The number of nitrogens with one attached hydrogen (secondary N) is 2. The molecular formula is C31H31F4N5O3. The number of carbonyl (C=O) groups excluding carboxylic acids is 3. The van der Waals surface area contributed by atoms with Crippen molar-refractivity contribution in [3.05, 3.63) is 94.6 Å². The van der Waals surface area contributed by atoms with Gasteiger partial charge in [0.15, 0.2) is 11.6 Å². The zero-order chi connectivity index (χ0) is 30.5. The van der Waals surface area contributed by atoms with Gasteiger partial charge in [-0.15, -0.1) is 0 Å². The summed E-state index contributed by atoms with van der Waals surface area (Å²) in [6, 6.07) is 10.5. The molecule has 226 valence electrons. The first-order valence-corrected chi connectivity index (χ1v) is 14.1. The summed E-state index contributed by atoms with van der Waals surface area (Å²) in [6.07, 6.45) is 1.32. The minimum absolute atomic E-state index is 0.0861. The number of benzene rings is 3. The lowest BCUT2D eigenvalue weighted by atomic mass is 10.1. The van der Waals surface area contributed by atoms with Crippen LogP contribution in [0.2, 0.25) is 0 Å². The predicted molar refractivity (Wildman–Crippen MR) is 153 cm³/mol. The highest BCUT2D eigenvalue weighted by Gasteiger charge is 2.25. The maximum atomic E-state index is 13.9. The highest BCUT2D eigenvalue weighted by Crippen LogP contribution is 2.30. The van der Waals surface area contributed by atoms with Crippen LogP contribution in [0.3, 0.4) is 0 Å². The Morgan fingerprint density at radius 1 is 0.628 bits per heavy atom. The summed E-state index contributed by atoms with van der Waals surface area (Å²) in [4.78, 5) is 44.7. The molecule has 2 aliphatic rings. The van der Waals surface area contributed by atoms with Crippen molar-refractivity contribution in [2.24, 2.45) is 0 Å². The van der Waals surface area contributed by atoms with Gasteiger partial charge in [-0.05, 0) is 67.9 Å². The van der Waals surface area contributed by atoms with Gasteiger partial charge >= 0.3 is 0 Å². The molecule has 0 saturated carbocycles. The molecule has 2 fully saturated rings. The van der Waals surface area contributed by atoms with Crippen LogP contribution in [0.5, 0.6) is 0 Å². The zero-order valence-electron chi connectivity index (χ0n) is 23.3. The van der Waals surface area contributed by atoms with Crippen LogP contribution in [-0.2, 0) is 0 Å². The van der Waals surface area contributed by atoms with Crippen LogP contribution in [-0.4, -0.2) is 79.9 Å². The quantitative estimate of drug-likeness (QED) is 0.429. The highest BCUT2D eigenvalue weighted by molar-refractivity contribution is 6.07. The van der Waals surface area contributed by atoms with E-state index < -0.39 is 35.1 Å². The van der Waals surface area contributed by atoms with Crippen LogP contribution in [0.1, 0.15) is 43.9 Å². The van der Waals surface area contributed by atoms with Crippen LogP contribution < -0.4 is 15.5 Å². The average Bonchev–Trinajstić information content (AvgIpc) is 3.41. The van der Waals surface area contributed by atoms with Crippen molar-refractivity contribution in [1.82, 2.24) is 15.1 Å². The first-order chi connectivity index (χ1) is 20.7. The summed E-state index contributed by atoms with van der Waals surface area (Å²) in [6.45, 7) is 3.94. The number of nitrogens with zero attached hydrogens (tertiary/aromatic N) is 3. The molecule has 2 N–H and O–H groups in total. The van der Waals surface area contributed by atoms with Crippen molar-refractivity contribution in [2.75, 3.05) is 62.6 Å². The Morgan fingerprint density at radius 2 is 1.33 bits per heavy atom. The van der Waals surface area contributed by atoms with Gasteiger partial charge in [0.05, 0.1) is 11.4 Å². The monoisotopic (exact) mass is 597 g/mol. The van der Waals surface area contributed by atoms with Crippen LogP contribution in [0.15, 0.2) is 54.6 Å². The molecule has 3 aromatic carbocycles. The fourth-order valence-corrected chi connectivity index (χ4v) is 5.33. The molecule has 0 aliphatic carbocycles. The molecule has 3 amide bonds. The van der Waals surface area contributed by atoms with E-state index in [1.165, 1.54) is 4.90 Å². The number of carbonyl (C=O) groups is 3. The molecule has 0 bridgehead atoms. The van der Waals surface area contributed by atoms with Gasteiger partial charge in [-0.1, -0.05) is 0 Å². The standard InChI is InChI=1S/C31H31F4N5O3/c32-23-15-22(16-24(33)19-23)31(43)40-11-2-10-38(13-14-40)28-6-4-21(30(42)39-9-1-7-36-8-12-39)18-27(28)37-29(41)20-3-5-25(34)26(35)17-20/h3-6,15-19,36H,1-2,7-14H2,(H,37,41). The SMILES string of the molecule is O=C(Nc1cc(C(=O)N2CCCNCC2)ccc1N1CCCN(C(=O)c2cc(F)cc(F)c2)CC1)c1ccc(F)c(F)c1. The van der Waals surface area contributed by atoms with E-state index >= 15 is 0 Å². The molecule has 0 spiro atoms. The average molecular weight is 598 g/mol. The van der Waals surface area contributed by atoms with E-state index in [4.69, 9.17) is 0 Å². The Morgan fingerprint density at radius 3 is 2.09 bits per heavy atom. The number of halogens is 4. The largest absolute Gasteiger partial charge is 0.368 e. The summed E-state index contributed by atoms with van der Waals surface area (Å²) >= 11 is 0. The number of hydrogen-bond acceptors (Lipinski definition) is 5. The van der Waals surface area contributed by atoms with Crippen molar-refractivity contribution < 1.29 is 31.9 Å². The minimum atomic E-state index is -1.16. The number of amides is 3. The van der Waals surface area contributed by atoms with E-state index in [9.17, 15) is 31.9 Å². The fourth-order valence-electron chi connectivity index (χ4n) is 5.33. The summed E-state index contributed by atoms with van der Waals surface area (Å²) in [5.74, 6) is -5.32. The zero-order valence-corrected chi connectivity index (χ0v) is 23.3. The minimum Gasteiger partial charge on any atom is -0.368 e. The van der Waals surface area contributed by atoms with Crippen LogP contribution >= 0.6 is 0 Å². The van der Waals surface area contributed by atoms with Gasteiger partial charge in [-0.2, -0.15) is 0 Å². The lowest BCUT2D eigenvalue weighted by Gasteiger charge is -2.27. The molecule has 2 saturated heterocycles. The van der Waals surface area contributed by atoms with Crippen molar-refractivity contribution in [3.63, 3.8) is 0 Å². The third-order valence-electron chi connectivity index (χ3n) is 7.53. The van der Waals surface area contributed by atoms with Crippen molar-refractivity contribution in [3.8, 4) is 0 Å². The van der Waals surface area contributed by atoms with Gasteiger partial charge in [-0.25, -0.2) is 17.6 Å². The first-order valence-electron chi connectivity index (χ1n) is 14.1. The fraction of sp³-hybridized carbons (Fsp3) is 0.323. The lowest BCUT2D eigenvalue weighted by molar-refractivity contribution is 0.0758. The highest BCUT2D eigenvalue weighted by atomic mass is 19.2. The van der Waals surface area contributed by atoms with Crippen molar-refractivity contribution in [1.29, 1.82) is 0 Å². The number of anilines is 2. The number of rotatable bonds is 5. The third-order valence-corrected chi connectivity index (χ3v) is 7.53. The van der Waals surface area contributed by atoms with Gasteiger partial charge in [0.1, 0.15) is 11.6 Å². The van der Waals surface area contributed by atoms with E-state index in [1.807, 2.05) is 4.90 Å². The molecule has 8 nitrogen and oxygen atoms in total. The Hall–Kier alpha value is -4.45. The van der Waals surface area contributed by atoms with Crippen molar-refractivity contribution in [2.45, 2.75) is 12.8 Å². The van der Waals surface area contributed by atoms with Crippen LogP contribution in [0.25, 0.3) is 0 Å². The summed E-state index contributed by atoms with van der Waals surface area (Å²) < 4.78 is 54.8. The molecular weight excluding hydrogens is 566 g/mol. The Kier molecular flexibility index (Phi) is 9.24. The molecule has 2 aliphatic heterocycles. The maximum Gasteiger partial charge on any atom is 0.255 e. The Balaban J connectivity index is 1.40. The van der Waals surface area contributed by atoms with E-state index in [0.717, 1.165) is 43.3 Å². The van der Waals surface area contributed by atoms with E-state index in [2.05, 4.69) is 10.6 Å². The topological polar surface area (TPSA) is 85.0 Å².